The molecule has 0 aliphatic rings. The maximum absolute atomic E-state index is 12.3. The summed E-state index contributed by atoms with van der Waals surface area (Å²) in [5.41, 5.74) is 3.43. The molecule has 23 heavy (non-hydrogen) atoms. The summed E-state index contributed by atoms with van der Waals surface area (Å²) in [6.07, 6.45) is 3.46. The third-order valence-corrected chi connectivity index (χ3v) is 3.37. The first-order valence-corrected chi connectivity index (χ1v) is 7.40. The van der Waals surface area contributed by atoms with Gasteiger partial charge in [0.1, 0.15) is 0 Å². The Bertz CT molecular complexity index is 773. The van der Waals surface area contributed by atoms with Gasteiger partial charge in [0.25, 0.3) is 5.91 Å². The van der Waals surface area contributed by atoms with Gasteiger partial charge in [-0.05, 0) is 35.9 Å². The van der Waals surface area contributed by atoms with E-state index in [2.05, 4.69) is 15.6 Å². The summed E-state index contributed by atoms with van der Waals surface area (Å²) in [6.45, 7) is 0.514. The molecule has 4 nitrogen and oxygen atoms in total. The van der Waals surface area contributed by atoms with Crippen molar-refractivity contribution >= 4 is 17.3 Å². The molecule has 0 spiro atoms. The summed E-state index contributed by atoms with van der Waals surface area (Å²) in [4.78, 5) is 16.3. The van der Waals surface area contributed by atoms with Crippen LogP contribution in [0.3, 0.4) is 0 Å². The first-order valence-electron chi connectivity index (χ1n) is 7.40. The zero-order valence-corrected chi connectivity index (χ0v) is 12.6. The second-order valence-electron chi connectivity index (χ2n) is 5.12. The van der Waals surface area contributed by atoms with Gasteiger partial charge in [0.05, 0.1) is 11.9 Å². The molecule has 1 aromatic heterocycles. The van der Waals surface area contributed by atoms with E-state index in [-0.39, 0.29) is 5.91 Å². The van der Waals surface area contributed by atoms with E-state index in [1.165, 1.54) is 0 Å². The van der Waals surface area contributed by atoms with E-state index in [0.717, 1.165) is 16.9 Å². The average Bonchev–Trinajstić information content (AvgIpc) is 2.62. The highest BCUT2D eigenvalue weighted by atomic mass is 16.1. The van der Waals surface area contributed by atoms with Crippen LogP contribution in [0, 0.1) is 0 Å². The van der Waals surface area contributed by atoms with Crippen molar-refractivity contribution in [1.29, 1.82) is 0 Å². The third-order valence-electron chi connectivity index (χ3n) is 3.37. The highest BCUT2D eigenvalue weighted by Gasteiger charge is 2.06. The molecule has 3 aromatic rings. The Morgan fingerprint density at radius 2 is 1.74 bits per heavy atom. The van der Waals surface area contributed by atoms with Crippen molar-refractivity contribution in [3.8, 4) is 0 Å². The molecule has 114 valence electrons. The van der Waals surface area contributed by atoms with Crippen LogP contribution in [-0.4, -0.2) is 10.9 Å². The van der Waals surface area contributed by atoms with E-state index >= 15 is 0 Å². The molecular formula is C19H17N3O. The van der Waals surface area contributed by atoms with Crippen LogP contribution in [0.15, 0.2) is 79.1 Å². The van der Waals surface area contributed by atoms with Gasteiger partial charge >= 0.3 is 0 Å². The van der Waals surface area contributed by atoms with Crippen LogP contribution < -0.4 is 10.6 Å². The van der Waals surface area contributed by atoms with E-state index in [1.54, 1.807) is 18.5 Å². The van der Waals surface area contributed by atoms with E-state index in [0.29, 0.717) is 12.1 Å². The Kier molecular flexibility index (Phi) is 4.64. The molecule has 3 rings (SSSR count). The fourth-order valence-corrected chi connectivity index (χ4v) is 2.22. The second-order valence-corrected chi connectivity index (χ2v) is 5.12. The summed E-state index contributed by atoms with van der Waals surface area (Å²) in [7, 11) is 0. The molecule has 0 saturated heterocycles. The summed E-state index contributed by atoms with van der Waals surface area (Å²) in [6, 6.07) is 21.0. The maximum atomic E-state index is 12.3. The van der Waals surface area contributed by atoms with Crippen molar-refractivity contribution in [3.63, 3.8) is 0 Å². The van der Waals surface area contributed by atoms with E-state index in [4.69, 9.17) is 0 Å². The zero-order valence-electron chi connectivity index (χ0n) is 12.6. The van der Waals surface area contributed by atoms with Gasteiger partial charge in [0, 0.05) is 24.0 Å². The van der Waals surface area contributed by atoms with Crippen molar-refractivity contribution in [2.24, 2.45) is 0 Å². The Balaban J connectivity index is 1.65. The molecule has 0 saturated carbocycles. The zero-order chi connectivity index (χ0) is 15.9. The first-order chi connectivity index (χ1) is 11.3. The minimum absolute atomic E-state index is 0.0938. The number of nitrogens with one attached hydrogen (secondary N) is 2. The predicted octanol–water partition coefficient (Wildman–Crippen LogP) is 3.76. The minimum Gasteiger partial charge on any atom is -0.354 e. The Morgan fingerprint density at radius 3 is 2.52 bits per heavy atom. The highest BCUT2D eigenvalue weighted by Crippen LogP contribution is 2.16. The van der Waals surface area contributed by atoms with Gasteiger partial charge in [-0.25, -0.2) is 0 Å². The molecular weight excluding hydrogens is 286 g/mol. The number of anilines is 2. The number of pyridine rings is 1. The highest BCUT2D eigenvalue weighted by molar-refractivity contribution is 5.95. The molecule has 2 N–H and O–H groups in total. The van der Waals surface area contributed by atoms with Gasteiger partial charge < -0.3 is 10.6 Å². The molecule has 0 radical (unpaired) electrons. The van der Waals surface area contributed by atoms with E-state index in [1.807, 2.05) is 60.7 Å². The molecule has 4 heteroatoms. The summed E-state index contributed by atoms with van der Waals surface area (Å²) >= 11 is 0. The molecule has 0 atom stereocenters. The first kappa shape index (κ1) is 14.8. The molecule has 1 heterocycles. The van der Waals surface area contributed by atoms with Gasteiger partial charge in [-0.15, -0.1) is 0 Å². The number of benzene rings is 2. The van der Waals surface area contributed by atoms with E-state index < -0.39 is 0 Å². The number of rotatable bonds is 5. The number of carbonyl (C=O) groups excluding carboxylic acids is 1. The van der Waals surface area contributed by atoms with Gasteiger partial charge in [-0.1, -0.05) is 36.4 Å². The van der Waals surface area contributed by atoms with Crippen LogP contribution in [0.2, 0.25) is 0 Å². The number of aromatic nitrogens is 1. The van der Waals surface area contributed by atoms with Crippen molar-refractivity contribution in [2.75, 3.05) is 5.32 Å². The molecule has 0 aliphatic heterocycles. The number of nitrogens with zero attached hydrogens (tertiary/aromatic N) is 1. The van der Waals surface area contributed by atoms with Crippen molar-refractivity contribution < 1.29 is 4.79 Å². The van der Waals surface area contributed by atoms with E-state index in [9.17, 15) is 4.79 Å². The third kappa shape index (κ3) is 4.17. The maximum Gasteiger partial charge on any atom is 0.251 e. The fraction of sp³-hybridized carbons (Fsp3) is 0.0526. The Hall–Kier alpha value is -3.14. The van der Waals surface area contributed by atoms with Crippen molar-refractivity contribution in [2.45, 2.75) is 6.54 Å². The van der Waals surface area contributed by atoms with Crippen molar-refractivity contribution in [3.05, 3.63) is 90.3 Å². The largest absolute Gasteiger partial charge is 0.354 e. The van der Waals surface area contributed by atoms with Gasteiger partial charge in [-0.2, -0.15) is 0 Å². The van der Waals surface area contributed by atoms with Gasteiger partial charge in [0.2, 0.25) is 0 Å². The molecule has 1 amide bonds. The van der Waals surface area contributed by atoms with Crippen LogP contribution in [-0.2, 0) is 6.54 Å². The lowest BCUT2D eigenvalue weighted by molar-refractivity contribution is 0.0951. The van der Waals surface area contributed by atoms with Crippen LogP contribution >= 0.6 is 0 Å². The fourth-order valence-electron chi connectivity index (χ4n) is 2.22. The molecule has 0 unspecified atom stereocenters. The lowest BCUT2D eigenvalue weighted by atomic mass is 10.1. The molecule has 0 fully saturated rings. The Morgan fingerprint density at radius 1 is 0.913 bits per heavy atom. The number of amides is 1. The lowest BCUT2D eigenvalue weighted by Crippen LogP contribution is -2.22. The standard InChI is InChI=1S/C19H17N3O/c23-19(21-13-15-6-2-1-3-7-15)16-8-4-9-17(12-16)22-18-10-5-11-20-14-18/h1-12,14,22H,13H2,(H,21,23). The second kappa shape index (κ2) is 7.22. The monoisotopic (exact) mass is 303 g/mol. The molecule has 0 aliphatic carbocycles. The van der Waals surface area contributed by atoms with Gasteiger partial charge in [0.15, 0.2) is 0 Å². The van der Waals surface area contributed by atoms with Crippen LogP contribution in [0.25, 0.3) is 0 Å². The number of hydrogen-bond acceptors (Lipinski definition) is 3. The van der Waals surface area contributed by atoms with Crippen LogP contribution in [0.1, 0.15) is 15.9 Å². The SMILES string of the molecule is O=C(NCc1ccccc1)c1cccc(Nc2cccnc2)c1. The van der Waals surface area contributed by atoms with Crippen molar-refractivity contribution in [1.82, 2.24) is 10.3 Å². The quantitative estimate of drug-likeness (QED) is 0.754. The van der Waals surface area contributed by atoms with Crippen LogP contribution in [0.5, 0.6) is 0 Å². The Labute approximate surface area is 135 Å². The number of hydrogen-bond donors (Lipinski definition) is 2. The average molecular weight is 303 g/mol. The summed E-state index contributed by atoms with van der Waals surface area (Å²) in [5.74, 6) is -0.0938. The topological polar surface area (TPSA) is 54.0 Å². The lowest BCUT2D eigenvalue weighted by Gasteiger charge is -2.09. The molecule has 2 aromatic carbocycles. The summed E-state index contributed by atoms with van der Waals surface area (Å²) < 4.78 is 0. The number of carbonyl (C=O) groups is 1. The summed E-state index contributed by atoms with van der Waals surface area (Å²) in [5, 5.41) is 6.16. The van der Waals surface area contributed by atoms with Crippen LogP contribution in [0.4, 0.5) is 11.4 Å². The predicted molar refractivity (Wildman–Crippen MR) is 91.6 cm³/mol. The normalized spacial score (nSPS) is 10.1. The smallest absolute Gasteiger partial charge is 0.251 e. The van der Waals surface area contributed by atoms with Gasteiger partial charge in [-0.3, -0.25) is 9.78 Å². The minimum atomic E-state index is -0.0938. The molecule has 0 bridgehead atoms.